The Morgan fingerprint density at radius 2 is 2.08 bits per heavy atom. The summed E-state index contributed by atoms with van der Waals surface area (Å²) in [6.07, 6.45) is 0. The molecule has 0 spiro atoms. The van der Waals surface area contributed by atoms with E-state index < -0.39 is 10.0 Å². The summed E-state index contributed by atoms with van der Waals surface area (Å²) in [5.74, 6) is 0. The van der Waals surface area contributed by atoms with E-state index in [0.717, 1.165) is 0 Å². The van der Waals surface area contributed by atoms with Crippen LogP contribution < -0.4 is 10.5 Å². The third-order valence-corrected chi connectivity index (χ3v) is 3.60. The fourth-order valence-corrected chi connectivity index (χ4v) is 2.76. The van der Waals surface area contributed by atoms with Crippen LogP contribution in [0.2, 0.25) is 0 Å². The van der Waals surface area contributed by atoms with Crippen molar-refractivity contribution in [3.05, 3.63) is 29.8 Å². The molecule has 3 N–H and O–H groups in total. The molecule has 0 fully saturated rings. The van der Waals surface area contributed by atoms with E-state index in [9.17, 15) is 8.42 Å². The maximum absolute atomic E-state index is 11.5. The molecule has 1 atom stereocenters. The molecule has 0 saturated heterocycles. The van der Waals surface area contributed by atoms with Gasteiger partial charge in [-0.1, -0.05) is 18.2 Å². The summed E-state index contributed by atoms with van der Waals surface area (Å²) < 4.78 is 25.3. The Kier molecular flexibility index (Phi) is 1.87. The molecule has 1 aromatic carbocycles. The van der Waals surface area contributed by atoms with E-state index in [4.69, 9.17) is 5.73 Å². The molecule has 0 saturated carbocycles. The van der Waals surface area contributed by atoms with E-state index in [2.05, 4.69) is 4.72 Å². The number of benzene rings is 1. The first-order chi connectivity index (χ1) is 6.11. The van der Waals surface area contributed by atoms with Crippen molar-refractivity contribution in [2.24, 2.45) is 5.73 Å². The predicted octanol–water partition coefficient (Wildman–Crippen LogP) is -0.0217. The molecular formula is C8H10N2O2S. The van der Waals surface area contributed by atoms with Crippen molar-refractivity contribution >= 4 is 10.0 Å². The number of sulfonamides is 1. The number of hydrogen-bond acceptors (Lipinski definition) is 3. The van der Waals surface area contributed by atoms with E-state index in [1.54, 1.807) is 24.3 Å². The molecule has 1 aliphatic heterocycles. The molecule has 4 nitrogen and oxygen atoms in total. The lowest BCUT2D eigenvalue weighted by Gasteiger charge is -2.22. The van der Waals surface area contributed by atoms with E-state index in [-0.39, 0.29) is 12.6 Å². The maximum Gasteiger partial charge on any atom is 0.240 e. The molecule has 0 aliphatic carbocycles. The van der Waals surface area contributed by atoms with Gasteiger partial charge in [0.25, 0.3) is 0 Å². The molecule has 2 rings (SSSR count). The van der Waals surface area contributed by atoms with Crippen molar-refractivity contribution in [3.63, 3.8) is 0 Å². The van der Waals surface area contributed by atoms with Gasteiger partial charge in [-0.2, -0.15) is 0 Å². The number of nitrogens with two attached hydrogens (primary N) is 1. The molecule has 1 unspecified atom stereocenters. The van der Waals surface area contributed by atoms with E-state index in [0.29, 0.717) is 10.5 Å². The maximum atomic E-state index is 11.5. The highest BCUT2D eigenvalue weighted by molar-refractivity contribution is 7.89. The van der Waals surface area contributed by atoms with Gasteiger partial charge in [0.1, 0.15) is 0 Å². The number of nitrogens with one attached hydrogen (secondary N) is 1. The van der Waals surface area contributed by atoms with Crippen molar-refractivity contribution in [1.82, 2.24) is 4.72 Å². The Bertz CT molecular complexity index is 428. The van der Waals surface area contributed by atoms with Crippen LogP contribution in [0.3, 0.4) is 0 Å². The minimum atomic E-state index is -3.30. The lowest BCUT2D eigenvalue weighted by atomic mass is 10.1. The third-order valence-electron chi connectivity index (χ3n) is 2.10. The van der Waals surface area contributed by atoms with Crippen LogP contribution in [0.25, 0.3) is 0 Å². The predicted molar refractivity (Wildman–Crippen MR) is 48.6 cm³/mol. The minimum absolute atomic E-state index is 0.236. The Labute approximate surface area is 76.8 Å². The summed E-state index contributed by atoms with van der Waals surface area (Å²) in [5, 5.41) is 0. The largest absolute Gasteiger partial charge is 0.323 e. The van der Waals surface area contributed by atoms with Gasteiger partial charge in [-0.3, -0.25) is 0 Å². The quantitative estimate of drug-likeness (QED) is 0.615. The van der Waals surface area contributed by atoms with Crippen molar-refractivity contribution < 1.29 is 8.42 Å². The zero-order chi connectivity index (χ0) is 9.47. The van der Waals surface area contributed by atoms with Crippen molar-refractivity contribution in [1.29, 1.82) is 0 Å². The fourth-order valence-electron chi connectivity index (χ4n) is 1.42. The van der Waals surface area contributed by atoms with Crippen LogP contribution in [0.1, 0.15) is 11.6 Å². The first kappa shape index (κ1) is 8.68. The highest BCUT2D eigenvalue weighted by atomic mass is 32.2. The molecule has 13 heavy (non-hydrogen) atoms. The van der Waals surface area contributed by atoms with Gasteiger partial charge >= 0.3 is 0 Å². The Balaban J connectivity index is 2.68. The number of hydrogen-bond donors (Lipinski definition) is 2. The molecular weight excluding hydrogens is 188 g/mol. The Morgan fingerprint density at radius 1 is 1.38 bits per heavy atom. The standard InChI is InChI=1S/C8H10N2O2S/c9-7-5-10-13(11,12)8-4-2-1-3-6(7)8/h1-4,7,10H,5,9H2. The monoisotopic (exact) mass is 198 g/mol. The molecule has 5 heteroatoms. The highest BCUT2D eigenvalue weighted by Gasteiger charge is 2.26. The minimum Gasteiger partial charge on any atom is -0.323 e. The lowest BCUT2D eigenvalue weighted by molar-refractivity contribution is 0.554. The zero-order valence-corrected chi connectivity index (χ0v) is 7.71. The van der Waals surface area contributed by atoms with Crippen LogP contribution in [0, 0.1) is 0 Å². The van der Waals surface area contributed by atoms with Gasteiger partial charge in [-0.05, 0) is 11.6 Å². The molecule has 0 bridgehead atoms. The second-order valence-corrected chi connectivity index (χ2v) is 4.73. The van der Waals surface area contributed by atoms with Crippen molar-refractivity contribution in [3.8, 4) is 0 Å². The van der Waals surface area contributed by atoms with Gasteiger partial charge in [0.2, 0.25) is 10.0 Å². The molecule has 1 aromatic rings. The molecule has 1 heterocycles. The van der Waals surface area contributed by atoms with Crippen LogP contribution in [-0.4, -0.2) is 15.0 Å². The van der Waals surface area contributed by atoms with E-state index in [1.165, 1.54) is 0 Å². The fraction of sp³-hybridized carbons (Fsp3) is 0.250. The van der Waals surface area contributed by atoms with Gasteiger partial charge < -0.3 is 5.73 Å². The summed E-state index contributed by atoms with van der Waals surface area (Å²) >= 11 is 0. The van der Waals surface area contributed by atoms with E-state index >= 15 is 0 Å². The smallest absolute Gasteiger partial charge is 0.240 e. The average molecular weight is 198 g/mol. The normalized spacial score (nSPS) is 25.2. The second-order valence-electron chi connectivity index (χ2n) is 3.00. The SMILES string of the molecule is NC1CNS(=O)(=O)c2ccccc21. The van der Waals surface area contributed by atoms with Crippen molar-refractivity contribution in [2.45, 2.75) is 10.9 Å². The second kappa shape index (κ2) is 2.80. The average Bonchev–Trinajstić information content (AvgIpc) is 2.13. The highest BCUT2D eigenvalue weighted by Crippen LogP contribution is 2.24. The van der Waals surface area contributed by atoms with E-state index in [1.807, 2.05) is 0 Å². The summed E-state index contributed by atoms with van der Waals surface area (Å²) in [7, 11) is -3.30. The first-order valence-electron chi connectivity index (χ1n) is 3.95. The van der Waals surface area contributed by atoms with Crippen LogP contribution in [-0.2, 0) is 10.0 Å². The van der Waals surface area contributed by atoms with Crippen LogP contribution in [0.5, 0.6) is 0 Å². The lowest BCUT2D eigenvalue weighted by Crippen LogP contribution is -2.38. The Hall–Kier alpha value is -0.910. The molecule has 0 radical (unpaired) electrons. The first-order valence-corrected chi connectivity index (χ1v) is 5.44. The number of fused-ring (bicyclic) bond motifs is 1. The summed E-state index contributed by atoms with van der Waals surface area (Å²) in [6.45, 7) is 0.277. The molecule has 0 amide bonds. The van der Waals surface area contributed by atoms with Gasteiger partial charge in [0.15, 0.2) is 0 Å². The van der Waals surface area contributed by atoms with Gasteiger partial charge in [0, 0.05) is 12.6 Å². The van der Waals surface area contributed by atoms with Crippen molar-refractivity contribution in [2.75, 3.05) is 6.54 Å². The topological polar surface area (TPSA) is 72.2 Å². The summed E-state index contributed by atoms with van der Waals surface area (Å²) in [5.41, 5.74) is 6.44. The zero-order valence-electron chi connectivity index (χ0n) is 6.90. The summed E-state index contributed by atoms with van der Waals surface area (Å²) in [4.78, 5) is 0.300. The van der Waals surface area contributed by atoms with Gasteiger partial charge in [-0.15, -0.1) is 0 Å². The van der Waals surface area contributed by atoms with Crippen LogP contribution in [0.4, 0.5) is 0 Å². The Morgan fingerprint density at radius 3 is 2.77 bits per heavy atom. The van der Waals surface area contributed by atoms with Gasteiger partial charge in [0.05, 0.1) is 4.90 Å². The number of rotatable bonds is 0. The van der Waals surface area contributed by atoms with Crippen LogP contribution in [0.15, 0.2) is 29.2 Å². The van der Waals surface area contributed by atoms with Gasteiger partial charge in [-0.25, -0.2) is 13.1 Å². The molecule has 0 aromatic heterocycles. The molecule has 1 aliphatic rings. The summed E-state index contributed by atoms with van der Waals surface area (Å²) in [6, 6.07) is 6.56. The molecule has 70 valence electrons. The van der Waals surface area contributed by atoms with Crippen LogP contribution >= 0.6 is 0 Å². The third kappa shape index (κ3) is 1.35.